The van der Waals surface area contributed by atoms with Gasteiger partial charge in [0.2, 0.25) is 0 Å². The van der Waals surface area contributed by atoms with Gasteiger partial charge >= 0.3 is 0 Å². The lowest BCUT2D eigenvalue weighted by molar-refractivity contribution is 0.417. The molecule has 1 aromatic carbocycles. The minimum atomic E-state index is 0.468. The Morgan fingerprint density at radius 3 is 2.82 bits per heavy atom. The molecule has 2 rings (SSSR count). The van der Waals surface area contributed by atoms with Crippen LogP contribution < -0.4 is 15.8 Å². The van der Waals surface area contributed by atoms with Gasteiger partial charge in [0.15, 0.2) is 0 Å². The number of anilines is 3. The molecule has 17 heavy (non-hydrogen) atoms. The Kier molecular flexibility index (Phi) is 3.35. The van der Waals surface area contributed by atoms with Crippen LogP contribution in [0.1, 0.15) is 0 Å². The highest BCUT2D eigenvalue weighted by atomic mass is 35.5. The third-order valence-corrected chi connectivity index (χ3v) is 2.51. The van der Waals surface area contributed by atoms with Crippen molar-refractivity contribution in [2.45, 2.75) is 0 Å². The maximum Gasteiger partial charge on any atom is 0.149 e. The molecule has 0 spiro atoms. The number of hydrogen-bond donors (Lipinski definition) is 2. The van der Waals surface area contributed by atoms with E-state index in [0.29, 0.717) is 16.5 Å². The third kappa shape index (κ3) is 2.60. The average molecular weight is 250 g/mol. The molecule has 0 amide bonds. The number of methoxy groups -OCH3 is 1. The van der Waals surface area contributed by atoms with Gasteiger partial charge in [0.05, 0.1) is 29.7 Å². The molecule has 88 valence electrons. The van der Waals surface area contributed by atoms with Crippen LogP contribution in [0.5, 0.6) is 5.75 Å². The van der Waals surface area contributed by atoms with Crippen molar-refractivity contribution >= 4 is 28.8 Å². The summed E-state index contributed by atoms with van der Waals surface area (Å²) in [6, 6.07) is 9.17. The lowest BCUT2D eigenvalue weighted by atomic mass is 10.3. The molecule has 0 fully saturated rings. The summed E-state index contributed by atoms with van der Waals surface area (Å²) in [5, 5.41) is 3.56. The predicted octanol–water partition coefficient (Wildman–Crippen LogP) is 3.07. The molecule has 0 radical (unpaired) electrons. The third-order valence-electron chi connectivity index (χ3n) is 2.22. The zero-order valence-electron chi connectivity index (χ0n) is 9.27. The van der Waals surface area contributed by atoms with Gasteiger partial charge in [-0.2, -0.15) is 0 Å². The van der Waals surface area contributed by atoms with Gasteiger partial charge in [0.25, 0.3) is 0 Å². The summed E-state index contributed by atoms with van der Waals surface area (Å²) < 4.78 is 5.22. The zero-order chi connectivity index (χ0) is 12.3. The molecule has 1 heterocycles. The average Bonchev–Trinajstić information content (AvgIpc) is 2.33. The van der Waals surface area contributed by atoms with E-state index < -0.39 is 0 Å². The fourth-order valence-electron chi connectivity index (χ4n) is 1.42. The van der Waals surface area contributed by atoms with Crippen molar-refractivity contribution in [3.8, 4) is 5.75 Å². The highest BCUT2D eigenvalue weighted by molar-refractivity contribution is 6.33. The van der Waals surface area contributed by atoms with E-state index in [9.17, 15) is 0 Å². The van der Waals surface area contributed by atoms with Gasteiger partial charge in [0.1, 0.15) is 11.6 Å². The van der Waals surface area contributed by atoms with Crippen molar-refractivity contribution in [2.75, 3.05) is 18.2 Å². The Hall–Kier alpha value is -1.94. The number of rotatable bonds is 3. The normalized spacial score (nSPS) is 10.0. The van der Waals surface area contributed by atoms with Crippen molar-refractivity contribution in [1.29, 1.82) is 0 Å². The van der Waals surface area contributed by atoms with Crippen LogP contribution in [0.3, 0.4) is 0 Å². The highest BCUT2D eigenvalue weighted by Gasteiger charge is 2.06. The first-order chi connectivity index (χ1) is 8.20. The second-order valence-electron chi connectivity index (χ2n) is 3.42. The van der Waals surface area contributed by atoms with Crippen LogP contribution in [-0.2, 0) is 0 Å². The number of nitrogens with one attached hydrogen (secondary N) is 1. The molecular weight excluding hydrogens is 238 g/mol. The Morgan fingerprint density at radius 2 is 2.12 bits per heavy atom. The summed E-state index contributed by atoms with van der Waals surface area (Å²) in [4.78, 5) is 4.12. The van der Waals surface area contributed by atoms with E-state index in [2.05, 4.69) is 10.3 Å². The van der Waals surface area contributed by atoms with E-state index in [0.717, 1.165) is 11.4 Å². The summed E-state index contributed by atoms with van der Waals surface area (Å²) in [5.74, 6) is 1.27. The monoisotopic (exact) mass is 249 g/mol. The number of pyridine rings is 1. The van der Waals surface area contributed by atoms with Crippen LogP contribution in [0.2, 0.25) is 5.02 Å². The lowest BCUT2D eigenvalue weighted by Gasteiger charge is -2.11. The van der Waals surface area contributed by atoms with Gasteiger partial charge < -0.3 is 15.8 Å². The van der Waals surface area contributed by atoms with E-state index in [4.69, 9.17) is 22.1 Å². The number of ether oxygens (including phenoxy) is 1. The molecule has 5 heteroatoms. The second kappa shape index (κ2) is 4.93. The standard InChI is InChI=1S/C12H12ClN3O/c1-17-11-5-3-2-4-10(11)16-12-9(13)6-8(14)7-15-12/h2-7H,14H2,1H3,(H,15,16). The number of nitrogens with two attached hydrogens (primary N) is 1. The molecule has 0 saturated heterocycles. The van der Waals surface area contributed by atoms with Gasteiger partial charge in [-0.25, -0.2) is 4.98 Å². The summed E-state index contributed by atoms with van der Waals surface area (Å²) in [6.45, 7) is 0. The Balaban J connectivity index is 2.31. The molecule has 0 saturated carbocycles. The first-order valence-corrected chi connectivity index (χ1v) is 5.39. The number of nitrogens with zero attached hydrogens (tertiary/aromatic N) is 1. The van der Waals surface area contributed by atoms with Crippen LogP contribution >= 0.6 is 11.6 Å². The molecule has 0 aliphatic heterocycles. The lowest BCUT2D eigenvalue weighted by Crippen LogP contribution is -1.98. The number of hydrogen-bond acceptors (Lipinski definition) is 4. The fraction of sp³-hybridized carbons (Fsp3) is 0.0833. The highest BCUT2D eigenvalue weighted by Crippen LogP contribution is 2.29. The van der Waals surface area contributed by atoms with Gasteiger partial charge in [-0.3, -0.25) is 0 Å². The fourth-order valence-corrected chi connectivity index (χ4v) is 1.64. The van der Waals surface area contributed by atoms with Crippen LogP contribution in [0, 0.1) is 0 Å². The molecule has 4 nitrogen and oxygen atoms in total. The van der Waals surface area contributed by atoms with Gasteiger partial charge in [0, 0.05) is 0 Å². The first kappa shape index (κ1) is 11.5. The Morgan fingerprint density at radius 1 is 1.35 bits per heavy atom. The zero-order valence-corrected chi connectivity index (χ0v) is 10.0. The van der Waals surface area contributed by atoms with Crippen LogP contribution in [-0.4, -0.2) is 12.1 Å². The summed E-state index contributed by atoms with van der Waals surface area (Å²) in [7, 11) is 1.61. The smallest absolute Gasteiger partial charge is 0.149 e. The predicted molar refractivity (Wildman–Crippen MR) is 69.9 cm³/mol. The second-order valence-corrected chi connectivity index (χ2v) is 3.83. The summed E-state index contributed by atoms with van der Waals surface area (Å²) in [6.07, 6.45) is 1.55. The number of nitrogen functional groups attached to an aromatic ring is 1. The SMILES string of the molecule is COc1ccccc1Nc1ncc(N)cc1Cl. The van der Waals surface area contributed by atoms with Crippen molar-refractivity contribution in [1.82, 2.24) is 4.98 Å². The van der Waals surface area contributed by atoms with Gasteiger partial charge in [-0.15, -0.1) is 0 Å². The van der Waals surface area contributed by atoms with Crippen molar-refractivity contribution < 1.29 is 4.74 Å². The molecule has 2 aromatic rings. The van der Waals surface area contributed by atoms with E-state index in [1.54, 1.807) is 19.4 Å². The molecule has 0 bridgehead atoms. The van der Waals surface area contributed by atoms with E-state index in [-0.39, 0.29) is 0 Å². The summed E-state index contributed by atoms with van der Waals surface area (Å²) in [5.41, 5.74) is 6.91. The first-order valence-electron chi connectivity index (χ1n) is 5.02. The molecule has 0 aliphatic rings. The molecule has 3 N–H and O–H groups in total. The van der Waals surface area contributed by atoms with E-state index >= 15 is 0 Å². The van der Waals surface area contributed by atoms with Crippen molar-refractivity contribution in [3.05, 3.63) is 41.6 Å². The molecule has 0 atom stereocenters. The number of benzene rings is 1. The van der Waals surface area contributed by atoms with Crippen LogP contribution in [0.15, 0.2) is 36.5 Å². The Labute approximate surface area is 104 Å². The maximum atomic E-state index is 6.03. The molecule has 1 aromatic heterocycles. The largest absolute Gasteiger partial charge is 0.495 e. The maximum absolute atomic E-state index is 6.03. The minimum Gasteiger partial charge on any atom is -0.495 e. The number of halogens is 1. The van der Waals surface area contributed by atoms with Gasteiger partial charge in [-0.1, -0.05) is 23.7 Å². The van der Waals surface area contributed by atoms with Gasteiger partial charge in [-0.05, 0) is 18.2 Å². The van der Waals surface area contributed by atoms with Crippen LogP contribution in [0.25, 0.3) is 0 Å². The van der Waals surface area contributed by atoms with Crippen molar-refractivity contribution in [2.24, 2.45) is 0 Å². The summed E-state index contributed by atoms with van der Waals surface area (Å²) >= 11 is 6.03. The quantitative estimate of drug-likeness (QED) is 0.878. The van der Waals surface area contributed by atoms with Crippen molar-refractivity contribution in [3.63, 3.8) is 0 Å². The topological polar surface area (TPSA) is 60.2 Å². The van der Waals surface area contributed by atoms with E-state index in [1.807, 2.05) is 24.3 Å². The molecule has 0 aliphatic carbocycles. The molecule has 0 unspecified atom stereocenters. The number of aromatic nitrogens is 1. The minimum absolute atomic E-state index is 0.468. The van der Waals surface area contributed by atoms with Crippen LogP contribution in [0.4, 0.5) is 17.2 Å². The van der Waals surface area contributed by atoms with E-state index in [1.165, 1.54) is 0 Å². The Bertz CT molecular complexity index is 531. The number of para-hydroxylation sites is 2. The molecular formula is C12H12ClN3O.